The van der Waals surface area contributed by atoms with Crippen LogP contribution in [0, 0.1) is 13.8 Å². The number of benzene rings is 2. The molecule has 0 fully saturated rings. The van der Waals surface area contributed by atoms with E-state index in [1.165, 1.54) is 0 Å². The predicted octanol–water partition coefficient (Wildman–Crippen LogP) is 4.18. The lowest BCUT2D eigenvalue weighted by molar-refractivity contribution is 0.0531. The Morgan fingerprint density at radius 2 is 1.52 bits per heavy atom. The lowest BCUT2D eigenvalue weighted by Crippen LogP contribution is -2.07. The van der Waals surface area contributed by atoms with E-state index in [9.17, 15) is 4.79 Å². The second kappa shape index (κ2) is 5.17. The van der Waals surface area contributed by atoms with Gasteiger partial charge in [0.25, 0.3) is 0 Å². The van der Waals surface area contributed by atoms with Crippen LogP contribution in [0.1, 0.15) is 28.4 Å². The maximum atomic E-state index is 12.4. The summed E-state index contributed by atoms with van der Waals surface area (Å²) in [6.07, 6.45) is 0. The van der Waals surface area contributed by atoms with Crippen molar-refractivity contribution >= 4 is 27.8 Å². The molecule has 3 nitrogen and oxygen atoms in total. The summed E-state index contributed by atoms with van der Waals surface area (Å²) >= 11 is 0. The van der Waals surface area contributed by atoms with Gasteiger partial charge in [0.15, 0.2) is 0 Å². The molecule has 0 aliphatic rings. The van der Waals surface area contributed by atoms with Gasteiger partial charge in [0.1, 0.15) is 0 Å². The molecule has 1 heterocycles. The molecule has 106 valence electrons. The van der Waals surface area contributed by atoms with Crippen LogP contribution in [0.3, 0.4) is 0 Å². The van der Waals surface area contributed by atoms with Crippen molar-refractivity contribution in [1.29, 1.82) is 0 Å². The smallest absolute Gasteiger partial charge is 0.339 e. The first-order chi connectivity index (χ1) is 10.1. The zero-order valence-electron chi connectivity index (χ0n) is 12.4. The molecular formula is C18H17NO2. The second-order valence-electron chi connectivity index (χ2n) is 5.25. The highest BCUT2D eigenvalue weighted by Gasteiger charge is 2.17. The van der Waals surface area contributed by atoms with Crippen molar-refractivity contribution in [1.82, 2.24) is 4.98 Å². The molecule has 2 aromatic carbocycles. The molecule has 3 heteroatoms. The van der Waals surface area contributed by atoms with Crippen molar-refractivity contribution in [3.63, 3.8) is 0 Å². The number of carbonyl (C=O) groups is 1. The number of aromatic nitrogens is 1. The van der Waals surface area contributed by atoms with Crippen LogP contribution in [0.5, 0.6) is 0 Å². The third kappa shape index (κ3) is 2.35. The Hall–Kier alpha value is -2.42. The maximum Gasteiger partial charge on any atom is 0.339 e. The second-order valence-corrected chi connectivity index (χ2v) is 5.25. The van der Waals surface area contributed by atoms with Crippen molar-refractivity contribution in [3.05, 3.63) is 53.1 Å². The predicted molar refractivity (Wildman–Crippen MR) is 84.7 cm³/mol. The Labute approximate surface area is 123 Å². The fourth-order valence-corrected chi connectivity index (χ4v) is 2.59. The van der Waals surface area contributed by atoms with E-state index >= 15 is 0 Å². The third-order valence-corrected chi connectivity index (χ3v) is 3.56. The van der Waals surface area contributed by atoms with E-state index < -0.39 is 0 Å². The van der Waals surface area contributed by atoms with Gasteiger partial charge >= 0.3 is 5.97 Å². The van der Waals surface area contributed by atoms with E-state index in [-0.39, 0.29) is 5.97 Å². The monoisotopic (exact) mass is 279 g/mol. The fraction of sp³-hybridized carbons (Fsp3) is 0.222. The highest BCUT2D eigenvalue weighted by Crippen LogP contribution is 2.28. The van der Waals surface area contributed by atoms with E-state index in [1.807, 2.05) is 57.2 Å². The van der Waals surface area contributed by atoms with Crippen molar-refractivity contribution in [2.75, 3.05) is 6.61 Å². The fourth-order valence-electron chi connectivity index (χ4n) is 2.59. The number of hydrogen-bond donors (Lipinski definition) is 0. The summed E-state index contributed by atoms with van der Waals surface area (Å²) < 4.78 is 5.26. The van der Waals surface area contributed by atoms with Crippen molar-refractivity contribution < 1.29 is 9.53 Å². The third-order valence-electron chi connectivity index (χ3n) is 3.56. The van der Waals surface area contributed by atoms with Crippen molar-refractivity contribution in [3.8, 4) is 0 Å². The van der Waals surface area contributed by atoms with Gasteiger partial charge in [0, 0.05) is 10.8 Å². The molecule has 0 N–H and O–H groups in total. The average Bonchev–Trinajstić information content (AvgIpc) is 2.45. The highest BCUT2D eigenvalue weighted by atomic mass is 16.5. The largest absolute Gasteiger partial charge is 0.462 e. The molecule has 0 saturated heterocycles. The molecule has 0 aliphatic heterocycles. The molecule has 0 bridgehead atoms. The van der Waals surface area contributed by atoms with Gasteiger partial charge in [-0.15, -0.1) is 0 Å². The van der Waals surface area contributed by atoms with Crippen LogP contribution < -0.4 is 0 Å². The number of esters is 1. The minimum absolute atomic E-state index is 0.286. The topological polar surface area (TPSA) is 39.2 Å². The number of hydrogen-bond acceptors (Lipinski definition) is 3. The van der Waals surface area contributed by atoms with E-state index in [0.29, 0.717) is 12.2 Å². The normalized spacial score (nSPS) is 11.0. The number of nitrogens with zero attached hydrogens (tertiary/aromatic N) is 1. The summed E-state index contributed by atoms with van der Waals surface area (Å²) in [6.45, 7) is 6.20. The van der Waals surface area contributed by atoms with Gasteiger partial charge in [0.05, 0.1) is 23.2 Å². The van der Waals surface area contributed by atoms with Crippen LogP contribution >= 0.6 is 0 Å². The average molecular weight is 279 g/mol. The van der Waals surface area contributed by atoms with Crippen LogP contribution in [-0.4, -0.2) is 17.6 Å². The minimum atomic E-state index is -0.286. The number of fused-ring (bicyclic) bond motifs is 2. The van der Waals surface area contributed by atoms with Gasteiger partial charge in [-0.05, 0) is 45.0 Å². The Kier molecular flexibility index (Phi) is 3.34. The van der Waals surface area contributed by atoms with Crippen molar-refractivity contribution in [2.45, 2.75) is 20.8 Å². The summed E-state index contributed by atoms with van der Waals surface area (Å²) in [7, 11) is 0. The molecule has 3 aromatic rings. The quantitative estimate of drug-likeness (QED) is 0.522. The lowest BCUT2D eigenvalue weighted by atomic mass is 10.00. The summed E-state index contributed by atoms with van der Waals surface area (Å²) in [5.41, 5.74) is 4.45. The van der Waals surface area contributed by atoms with Crippen LogP contribution in [0.25, 0.3) is 21.8 Å². The molecule has 0 saturated carbocycles. The number of carbonyl (C=O) groups excluding carboxylic acids is 1. The number of rotatable bonds is 2. The van der Waals surface area contributed by atoms with Gasteiger partial charge in [-0.2, -0.15) is 0 Å². The van der Waals surface area contributed by atoms with Crippen LogP contribution in [-0.2, 0) is 4.74 Å². The minimum Gasteiger partial charge on any atom is -0.462 e. The van der Waals surface area contributed by atoms with Gasteiger partial charge < -0.3 is 4.74 Å². The molecule has 0 spiro atoms. The maximum absolute atomic E-state index is 12.4. The van der Waals surface area contributed by atoms with Gasteiger partial charge in [-0.1, -0.05) is 23.3 Å². The Morgan fingerprint density at radius 1 is 1.00 bits per heavy atom. The zero-order valence-corrected chi connectivity index (χ0v) is 12.4. The molecule has 0 radical (unpaired) electrons. The molecule has 3 rings (SSSR count). The number of aryl methyl sites for hydroxylation is 2. The van der Waals surface area contributed by atoms with Gasteiger partial charge in [0.2, 0.25) is 0 Å². The summed E-state index contributed by atoms with van der Waals surface area (Å²) in [4.78, 5) is 17.1. The van der Waals surface area contributed by atoms with Gasteiger partial charge in [-0.25, -0.2) is 9.78 Å². The lowest BCUT2D eigenvalue weighted by Gasteiger charge is -2.11. The first-order valence-electron chi connectivity index (χ1n) is 7.08. The van der Waals surface area contributed by atoms with Crippen molar-refractivity contribution in [2.24, 2.45) is 0 Å². The highest BCUT2D eigenvalue weighted by molar-refractivity contribution is 6.14. The van der Waals surface area contributed by atoms with E-state index in [4.69, 9.17) is 4.74 Å². The molecule has 1 aromatic heterocycles. The van der Waals surface area contributed by atoms with E-state index in [1.54, 1.807) is 0 Å². The zero-order chi connectivity index (χ0) is 15.0. The number of pyridine rings is 1. The Balaban J connectivity index is 2.46. The molecule has 21 heavy (non-hydrogen) atoms. The SMILES string of the molecule is CCOC(=O)c1c2cc(C)ccc2nc2ccc(C)cc12. The number of ether oxygens (including phenoxy) is 1. The van der Waals surface area contributed by atoms with Crippen LogP contribution in [0.2, 0.25) is 0 Å². The summed E-state index contributed by atoms with van der Waals surface area (Å²) in [5, 5.41) is 1.71. The Morgan fingerprint density at radius 3 is 2.00 bits per heavy atom. The standard InChI is InChI=1S/C18H17NO2/c1-4-21-18(20)17-13-9-11(2)5-7-15(13)19-16-8-6-12(3)10-14(16)17/h5-10H,4H2,1-3H3. The summed E-state index contributed by atoms with van der Waals surface area (Å²) in [5.74, 6) is -0.286. The van der Waals surface area contributed by atoms with Gasteiger partial charge in [-0.3, -0.25) is 0 Å². The molecule has 0 aliphatic carbocycles. The van der Waals surface area contributed by atoms with Crippen LogP contribution in [0.15, 0.2) is 36.4 Å². The van der Waals surface area contributed by atoms with E-state index in [2.05, 4.69) is 4.98 Å². The summed E-state index contributed by atoms with van der Waals surface area (Å²) in [6, 6.07) is 11.9. The molecule has 0 amide bonds. The first-order valence-corrected chi connectivity index (χ1v) is 7.08. The molecule has 0 unspecified atom stereocenters. The first kappa shape index (κ1) is 13.6. The molecular weight excluding hydrogens is 262 g/mol. The molecule has 0 atom stereocenters. The van der Waals surface area contributed by atoms with E-state index in [0.717, 1.165) is 32.9 Å². The van der Waals surface area contributed by atoms with Crippen LogP contribution in [0.4, 0.5) is 0 Å². The Bertz CT molecular complexity index is 793.